The van der Waals surface area contributed by atoms with Gasteiger partial charge in [0.15, 0.2) is 0 Å². The van der Waals surface area contributed by atoms with Crippen LogP contribution in [0.15, 0.2) is 54.7 Å². The molecule has 2 aromatic heterocycles. The molecule has 0 radical (unpaired) electrons. The molecule has 2 aliphatic heterocycles. The number of halogens is 4. The molecule has 4 heterocycles. The Hall–Kier alpha value is -4.36. The molecule has 1 spiro atoms. The number of benzene rings is 2. The molecule has 0 amide bonds. The summed E-state index contributed by atoms with van der Waals surface area (Å²) in [6, 6.07) is 12.5. The minimum absolute atomic E-state index is 0.157. The number of carbonyl (C=O) groups is 1. The van der Waals surface area contributed by atoms with Crippen molar-refractivity contribution in [2.75, 3.05) is 30.3 Å². The van der Waals surface area contributed by atoms with Crippen molar-refractivity contribution in [1.82, 2.24) is 25.1 Å². The first-order valence-electron chi connectivity index (χ1n) is 14.8. The number of anilines is 2. The van der Waals surface area contributed by atoms with E-state index in [1.807, 2.05) is 17.9 Å². The normalized spacial score (nSPS) is 18.6. The lowest BCUT2D eigenvalue weighted by Gasteiger charge is -2.39. The number of hydrogen-bond donors (Lipinski definition) is 3. The largest absolute Gasteiger partial charge is 0.480 e. The predicted molar refractivity (Wildman–Crippen MR) is 167 cm³/mol. The van der Waals surface area contributed by atoms with Gasteiger partial charge < -0.3 is 25.8 Å². The Balaban J connectivity index is 1.31. The van der Waals surface area contributed by atoms with E-state index in [1.54, 1.807) is 43.5 Å². The van der Waals surface area contributed by atoms with Crippen molar-refractivity contribution in [2.45, 2.75) is 51.4 Å². The number of ether oxygens (including phenoxy) is 1. The number of nitrogens with two attached hydrogens (primary N) is 1. The summed E-state index contributed by atoms with van der Waals surface area (Å²) in [5.41, 5.74) is 8.77. The number of aryl methyl sites for hydroxylation is 2. The molecule has 2 fully saturated rings. The van der Waals surface area contributed by atoms with E-state index >= 15 is 0 Å². The Morgan fingerprint density at radius 3 is 2.50 bits per heavy atom. The molecule has 242 valence electrons. The number of aliphatic carboxylic acids is 1. The van der Waals surface area contributed by atoms with Crippen LogP contribution in [0.1, 0.15) is 42.2 Å². The third-order valence-electron chi connectivity index (χ3n) is 8.71. The summed E-state index contributed by atoms with van der Waals surface area (Å²) in [5, 5.41) is 17.4. The van der Waals surface area contributed by atoms with Gasteiger partial charge in [0, 0.05) is 42.5 Å². The minimum Gasteiger partial charge on any atom is -0.480 e. The molecular weight excluding hydrogens is 623 g/mol. The van der Waals surface area contributed by atoms with E-state index in [0.29, 0.717) is 61.0 Å². The zero-order valence-corrected chi connectivity index (χ0v) is 25.9. The van der Waals surface area contributed by atoms with Crippen LogP contribution < -0.4 is 20.7 Å². The number of carboxylic acids is 1. The average Bonchev–Trinajstić information content (AvgIpc) is 3.61. The first-order valence-corrected chi connectivity index (χ1v) is 15.2. The summed E-state index contributed by atoms with van der Waals surface area (Å²) >= 11 is 6.29. The molecule has 0 saturated carbocycles. The van der Waals surface area contributed by atoms with Crippen LogP contribution in [0.5, 0.6) is 5.88 Å². The highest BCUT2D eigenvalue weighted by Crippen LogP contribution is 2.43. The first kappa shape index (κ1) is 31.6. The number of piperidine rings is 1. The van der Waals surface area contributed by atoms with Crippen LogP contribution in [-0.2, 0) is 4.79 Å². The summed E-state index contributed by atoms with van der Waals surface area (Å²) in [7, 11) is 0. The lowest BCUT2D eigenvalue weighted by molar-refractivity contribution is -0.198. The molecule has 4 aromatic rings. The number of alkyl halides is 3. The van der Waals surface area contributed by atoms with Gasteiger partial charge in [0.05, 0.1) is 11.4 Å². The first-order chi connectivity index (χ1) is 21.8. The molecule has 2 saturated heterocycles. The van der Waals surface area contributed by atoms with Gasteiger partial charge in [0.2, 0.25) is 17.9 Å². The van der Waals surface area contributed by atoms with Crippen LogP contribution >= 0.6 is 11.6 Å². The van der Waals surface area contributed by atoms with E-state index in [0.717, 1.165) is 11.1 Å². The molecule has 2 atom stereocenters. The molecule has 2 aliphatic rings. The van der Waals surface area contributed by atoms with Crippen molar-refractivity contribution in [1.29, 1.82) is 0 Å². The quantitative estimate of drug-likeness (QED) is 0.223. The smallest absolute Gasteiger partial charge is 0.429 e. The second-order valence-electron chi connectivity index (χ2n) is 12.1. The number of carboxylic acid groups (broad SMARTS) is 1. The van der Waals surface area contributed by atoms with Crippen molar-refractivity contribution in [3.05, 3.63) is 76.6 Å². The highest BCUT2D eigenvalue weighted by atomic mass is 35.5. The molecule has 10 nitrogen and oxygen atoms in total. The van der Waals surface area contributed by atoms with Gasteiger partial charge in [0.1, 0.15) is 11.9 Å². The van der Waals surface area contributed by atoms with Gasteiger partial charge in [-0.2, -0.15) is 28.2 Å². The standard InChI is InChI=1S/C32H33ClF3N7O3/c1-18-11-21(13-22(33)12-18)20-3-4-23(25(14-20)43-8-5-19(2)41-43)28(32(34,35)36)46-27-15-26(39-30(37)40-27)42-9-6-31(7-10-42)16-24(29(44)45)38-17-31/h3-5,8,11-15,24,28,38H,6-7,9-10,16-17H2,1-2H3,(H,44,45)(H2,37,39,40)/t24-,28?/m0/s1. The maximum absolute atomic E-state index is 14.8. The van der Waals surface area contributed by atoms with Gasteiger partial charge >= 0.3 is 12.1 Å². The third-order valence-corrected chi connectivity index (χ3v) is 8.92. The molecule has 0 aliphatic carbocycles. The number of nitrogens with zero attached hydrogens (tertiary/aromatic N) is 5. The van der Waals surface area contributed by atoms with Crippen molar-refractivity contribution < 1.29 is 27.8 Å². The van der Waals surface area contributed by atoms with Gasteiger partial charge in [0.25, 0.3) is 0 Å². The SMILES string of the molecule is Cc1cc(Cl)cc(-c2ccc(C(Oc3cc(N4CCC5(CC4)CN[C@H](C(=O)O)C5)nc(N)n3)C(F)(F)F)c(-n3ccc(C)n3)c2)c1. The fourth-order valence-corrected chi connectivity index (χ4v) is 6.65. The number of rotatable bonds is 7. The van der Waals surface area contributed by atoms with Crippen molar-refractivity contribution in [3.8, 4) is 22.7 Å². The Labute approximate surface area is 268 Å². The number of aromatic nitrogens is 4. The monoisotopic (exact) mass is 655 g/mol. The van der Waals surface area contributed by atoms with Gasteiger partial charge in [-0.15, -0.1) is 0 Å². The minimum atomic E-state index is -4.83. The van der Waals surface area contributed by atoms with Crippen molar-refractivity contribution in [2.24, 2.45) is 5.41 Å². The lowest BCUT2D eigenvalue weighted by atomic mass is 9.76. The Morgan fingerprint density at radius 1 is 1.11 bits per heavy atom. The van der Waals surface area contributed by atoms with Gasteiger partial charge in [-0.3, -0.25) is 4.79 Å². The van der Waals surface area contributed by atoms with E-state index in [9.17, 15) is 23.1 Å². The van der Waals surface area contributed by atoms with Crippen LogP contribution in [0.4, 0.5) is 24.9 Å². The Kier molecular flexibility index (Phi) is 8.32. The number of nitrogens with one attached hydrogen (secondary N) is 1. The highest BCUT2D eigenvalue weighted by Gasteiger charge is 2.46. The van der Waals surface area contributed by atoms with Gasteiger partial charge in [-0.1, -0.05) is 29.8 Å². The topological polar surface area (TPSA) is 131 Å². The third kappa shape index (κ3) is 6.61. The van der Waals surface area contributed by atoms with Crippen molar-refractivity contribution in [3.63, 3.8) is 0 Å². The predicted octanol–water partition coefficient (Wildman–Crippen LogP) is 5.90. The number of hydrogen-bond acceptors (Lipinski definition) is 8. The second kappa shape index (κ2) is 12.1. The summed E-state index contributed by atoms with van der Waals surface area (Å²) in [5.74, 6) is -1.08. The summed E-state index contributed by atoms with van der Waals surface area (Å²) < 4.78 is 51.5. The zero-order chi connectivity index (χ0) is 32.8. The molecule has 4 N–H and O–H groups in total. The fraction of sp³-hybridized carbons (Fsp3) is 0.375. The highest BCUT2D eigenvalue weighted by molar-refractivity contribution is 6.31. The van der Waals surface area contributed by atoms with E-state index < -0.39 is 24.3 Å². The van der Waals surface area contributed by atoms with Crippen LogP contribution in [-0.4, -0.2) is 62.7 Å². The van der Waals surface area contributed by atoms with E-state index in [-0.39, 0.29) is 28.5 Å². The second-order valence-corrected chi connectivity index (χ2v) is 12.6. The van der Waals surface area contributed by atoms with Crippen LogP contribution in [0, 0.1) is 19.3 Å². The summed E-state index contributed by atoms with van der Waals surface area (Å²) in [6.07, 6.45) is -3.74. The maximum atomic E-state index is 14.8. The van der Waals surface area contributed by atoms with E-state index in [1.165, 1.54) is 16.8 Å². The molecular formula is C32H33ClF3N7O3. The average molecular weight is 656 g/mol. The van der Waals surface area contributed by atoms with Crippen molar-refractivity contribution >= 4 is 29.3 Å². The molecule has 6 rings (SSSR count). The number of nitrogen functional groups attached to an aromatic ring is 1. The lowest BCUT2D eigenvalue weighted by Crippen LogP contribution is -2.41. The Bertz CT molecular complexity index is 1750. The molecule has 0 bridgehead atoms. The molecule has 46 heavy (non-hydrogen) atoms. The van der Waals surface area contributed by atoms with Crippen LogP contribution in [0.3, 0.4) is 0 Å². The Morgan fingerprint density at radius 2 is 1.87 bits per heavy atom. The molecule has 1 unspecified atom stereocenters. The summed E-state index contributed by atoms with van der Waals surface area (Å²) in [6.45, 7) is 5.29. The van der Waals surface area contributed by atoms with Crippen LogP contribution in [0.2, 0.25) is 5.02 Å². The van der Waals surface area contributed by atoms with Gasteiger partial charge in [-0.25, -0.2) is 4.68 Å². The maximum Gasteiger partial charge on any atom is 0.429 e. The molecule has 2 aromatic carbocycles. The zero-order valence-electron chi connectivity index (χ0n) is 25.2. The van der Waals surface area contributed by atoms with Crippen LogP contribution in [0.25, 0.3) is 16.8 Å². The van der Waals surface area contributed by atoms with E-state index in [4.69, 9.17) is 22.1 Å². The molecule has 14 heteroatoms. The summed E-state index contributed by atoms with van der Waals surface area (Å²) in [4.78, 5) is 21.6. The fourth-order valence-electron chi connectivity index (χ4n) is 6.36. The van der Waals surface area contributed by atoms with Gasteiger partial charge in [-0.05, 0) is 79.5 Å². The van der Waals surface area contributed by atoms with E-state index in [2.05, 4.69) is 20.4 Å².